The molecule has 0 amide bonds. The highest BCUT2D eigenvalue weighted by Crippen LogP contribution is 2.18. The van der Waals surface area contributed by atoms with Gasteiger partial charge in [-0.1, -0.05) is 0 Å². The molecular weight excluding hydrogens is 207 g/mol. The fourth-order valence-corrected chi connectivity index (χ4v) is 1.63. The van der Waals surface area contributed by atoms with Crippen molar-refractivity contribution in [2.24, 2.45) is 7.05 Å². The van der Waals surface area contributed by atoms with Crippen LogP contribution in [0.15, 0.2) is 30.7 Å². The molecule has 0 fully saturated rings. The van der Waals surface area contributed by atoms with Crippen LogP contribution < -0.4 is 5.32 Å². The van der Waals surface area contributed by atoms with Crippen molar-refractivity contribution in [2.75, 3.05) is 7.05 Å². The van der Waals surface area contributed by atoms with Gasteiger partial charge in [0.15, 0.2) is 0 Å². The van der Waals surface area contributed by atoms with Gasteiger partial charge < -0.3 is 5.32 Å². The fourth-order valence-electron chi connectivity index (χ4n) is 1.63. The first-order valence-electron chi connectivity index (χ1n) is 4.98. The largest absolute Gasteiger partial charge is 0.308 e. The lowest BCUT2D eigenvalue weighted by atomic mass is 10.1. The smallest absolute Gasteiger partial charge is 0.141 e. The van der Waals surface area contributed by atoms with Crippen molar-refractivity contribution in [1.29, 1.82) is 0 Å². The number of rotatable bonds is 3. The molecule has 0 bridgehead atoms. The molecule has 84 valence electrons. The number of halogens is 1. The molecule has 0 radical (unpaired) electrons. The van der Waals surface area contributed by atoms with E-state index in [1.807, 2.05) is 20.3 Å². The first-order valence-corrected chi connectivity index (χ1v) is 4.98. The van der Waals surface area contributed by atoms with Crippen LogP contribution >= 0.6 is 0 Å². The lowest BCUT2D eigenvalue weighted by Crippen LogP contribution is -2.18. The molecule has 0 aliphatic rings. The summed E-state index contributed by atoms with van der Waals surface area (Å²) in [5, 5.41) is 7.23. The number of aromatic nitrogens is 3. The summed E-state index contributed by atoms with van der Waals surface area (Å²) >= 11 is 0. The highest BCUT2D eigenvalue weighted by molar-refractivity contribution is 5.23. The molecule has 1 atom stereocenters. The molecule has 2 rings (SSSR count). The highest BCUT2D eigenvalue weighted by Gasteiger charge is 2.14. The van der Waals surface area contributed by atoms with E-state index >= 15 is 0 Å². The number of pyridine rings is 1. The predicted octanol–water partition coefficient (Wildman–Crippen LogP) is 1.26. The van der Waals surface area contributed by atoms with Crippen molar-refractivity contribution < 1.29 is 4.39 Å². The highest BCUT2D eigenvalue weighted by atomic mass is 19.1. The van der Waals surface area contributed by atoms with Crippen LogP contribution in [0.4, 0.5) is 4.39 Å². The Morgan fingerprint density at radius 2 is 2.19 bits per heavy atom. The van der Waals surface area contributed by atoms with Crippen LogP contribution in [0.2, 0.25) is 0 Å². The van der Waals surface area contributed by atoms with Gasteiger partial charge in [-0.25, -0.2) is 4.39 Å². The van der Waals surface area contributed by atoms with Crippen LogP contribution in [0.25, 0.3) is 0 Å². The van der Waals surface area contributed by atoms with E-state index in [1.54, 1.807) is 16.9 Å². The van der Waals surface area contributed by atoms with Gasteiger partial charge in [0, 0.05) is 18.8 Å². The molecule has 4 nitrogen and oxygen atoms in total. The molecular formula is C11H13FN4. The number of nitrogens with one attached hydrogen (secondary N) is 1. The van der Waals surface area contributed by atoms with Gasteiger partial charge in [-0.05, 0) is 19.2 Å². The van der Waals surface area contributed by atoms with Gasteiger partial charge in [-0.3, -0.25) is 9.67 Å². The van der Waals surface area contributed by atoms with Crippen molar-refractivity contribution in [3.8, 4) is 0 Å². The predicted molar refractivity (Wildman–Crippen MR) is 58.3 cm³/mol. The summed E-state index contributed by atoms with van der Waals surface area (Å²) < 4.78 is 14.5. The number of nitrogens with zero attached hydrogens (tertiary/aromatic N) is 3. The van der Waals surface area contributed by atoms with Crippen molar-refractivity contribution in [3.63, 3.8) is 0 Å². The van der Waals surface area contributed by atoms with Gasteiger partial charge >= 0.3 is 0 Å². The minimum Gasteiger partial charge on any atom is -0.308 e. The monoisotopic (exact) mass is 220 g/mol. The number of hydrogen-bond donors (Lipinski definition) is 1. The average molecular weight is 220 g/mol. The van der Waals surface area contributed by atoms with Crippen LogP contribution in [0, 0.1) is 5.82 Å². The van der Waals surface area contributed by atoms with Crippen LogP contribution in [-0.2, 0) is 7.05 Å². The third-order valence-electron chi connectivity index (χ3n) is 2.39. The fraction of sp³-hybridized carbons (Fsp3) is 0.273. The lowest BCUT2D eigenvalue weighted by Gasteiger charge is -2.13. The minimum atomic E-state index is -0.329. The summed E-state index contributed by atoms with van der Waals surface area (Å²) in [5.41, 5.74) is 1.78. The zero-order chi connectivity index (χ0) is 11.5. The zero-order valence-electron chi connectivity index (χ0n) is 9.18. The van der Waals surface area contributed by atoms with Gasteiger partial charge in [0.05, 0.1) is 24.1 Å². The molecule has 2 heterocycles. The Bertz CT molecular complexity index is 463. The second kappa shape index (κ2) is 4.40. The Balaban J connectivity index is 2.32. The number of aryl methyl sites for hydroxylation is 1. The first-order chi connectivity index (χ1) is 7.70. The molecule has 5 heteroatoms. The zero-order valence-corrected chi connectivity index (χ0v) is 9.18. The topological polar surface area (TPSA) is 42.7 Å². The third kappa shape index (κ3) is 2.09. The van der Waals surface area contributed by atoms with Crippen molar-refractivity contribution in [3.05, 3.63) is 47.8 Å². The Labute approximate surface area is 93.1 Å². The lowest BCUT2D eigenvalue weighted by molar-refractivity contribution is 0.609. The Hall–Kier alpha value is -1.75. The molecule has 1 N–H and O–H groups in total. The molecule has 0 aliphatic heterocycles. The third-order valence-corrected chi connectivity index (χ3v) is 2.39. The molecule has 0 saturated carbocycles. The summed E-state index contributed by atoms with van der Waals surface area (Å²) in [4.78, 5) is 4.06. The summed E-state index contributed by atoms with van der Waals surface area (Å²) in [5.74, 6) is -0.329. The van der Waals surface area contributed by atoms with Crippen LogP contribution in [0.5, 0.6) is 0 Å². The summed E-state index contributed by atoms with van der Waals surface area (Å²) in [6, 6.07) is 3.02. The molecule has 16 heavy (non-hydrogen) atoms. The molecule has 2 aromatic heterocycles. The van der Waals surface area contributed by atoms with E-state index in [-0.39, 0.29) is 11.9 Å². The number of hydrogen-bond acceptors (Lipinski definition) is 3. The maximum atomic E-state index is 12.8. The standard InChI is InChI=1S/C11H13FN4/c1-13-11(8-5-15-16(2)7-8)10-4-3-9(12)6-14-10/h3-7,11,13H,1-2H3. The van der Waals surface area contributed by atoms with Crippen molar-refractivity contribution >= 4 is 0 Å². The Morgan fingerprint density at radius 3 is 2.69 bits per heavy atom. The van der Waals surface area contributed by atoms with Gasteiger partial charge in [0.2, 0.25) is 0 Å². The van der Waals surface area contributed by atoms with Crippen LogP contribution in [0.1, 0.15) is 17.3 Å². The van der Waals surface area contributed by atoms with Gasteiger partial charge in [-0.15, -0.1) is 0 Å². The SMILES string of the molecule is CNC(c1cnn(C)c1)c1ccc(F)cn1. The molecule has 1 unspecified atom stereocenters. The van der Waals surface area contributed by atoms with E-state index in [9.17, 15) is 4.39 Å². The normalized spacial score (nSPS) is 12.7. The van der Waals surface area contributed by atoms with Crippen molar-refractivity contribution in [1.82, 2.24) is 20.1 Å². The van der Waals surface area contributed by atoms with E-state index in [1.165, 1.54) is 12.3 Å². The summed E-state index contributed by atoms with van der Waals surface area (Å²) in [6.07, 6.45) is 4.90. The van der Waals surface area contributed by atoms with Crippen LogP contribution in [-0.4, -0.2) is 21.8 Å². The van der Waals surface area contributed by atoms with Crippen molar-refractivity contribution in [2.45, 2.75) is 6.04 Å². The van der Waals surface area contributed by atoms with Gasteiger partial charge in [-0.2, -0.15) is 5.10 Å². The van der Waals surface area contributed by atoms with E-state index in [2.05, 4.69) is 15.4 Å². The second-order valence-corrected chi connectivity index (χ2v) is 3.57. The second-order valence-electron chi connectivity index (χ2n) is 3.57. The molecule has 0 aliphatic carbocycles. The van der Waals surface area contributed by atoms with Gasteiger partial charge in [0.1, 0.15) is 5.82 Å². The quantitative estimate of drug-likeness (QED) is 0.846. The average Bonchev–Trinajstić information content (AvgIpc) is 2.69. The molecule has 0 spiro atoms. The molecule has 0 aromatic carbocycles. The van der Waals surface area contributed by atoms with E-state index in [0.717, 1.165) is 11.3 Å². The molecule has 2 aromatic rings. The van der Waals surface area contributed by atoms with Crippen LogP contribution in [0.3, 0.4) is 0 Å². The van der Waals surface area contributed by atoms with E-state index < -0.39 is 0 Å². The maximum Gasteiger partial charge on any atom is 0.141 e. The summed E-state index contributed by atoms with van der Waals surface area (Å²) in [6.45, 7) is 0. The first kappa shape index (κ1) is 10.8. The maximum absolute atomic E-state index is 12.8. The van der Waals surface area contributed by atoms with E-state index in [4.69, 9.17) is 0 Å². The molecule has 0 saturated heterocycles. The Kier molecular flexibility index (Phi) is 2.96. The van der Waals surface area contributed by atoms with Gasteiger partial charge in [0.25, 0.3) is 0 Å². The summed E-state index contributed by atoms with van der Waals surface area (Å²) in [7, 11) is 3.69. The Morgan fingerprint density at radius 1 is 1.38 bits per heavy atom. The minimum absolute atomic E-state index is 0.0608. The van der Waals surface area contributed by atoms with E-state index in [0.29, 0.717) is 0 Å².